The molecule has 0 aliphatic carbocycles. The van der Waals surface area contributed by atoms with Gasteiger partial charge in [0, 0.05) is 34.5 Å². The van der Waals surface area contributed by atoms with Crippen LogP contribution in [-0.4, -0.2) is 44.8 Å². The third kappa shape index (κ3) is 7.92. The molecule has 0 saturated heterocycles. The molecule has 11 heteroatoms. The number of likely N-dealkylation sites (N-methyl/N-ethyl adjacent to an activating group) is 1. The molecule has 0 radical (unpaired) electrons. The van der Waals surface area contributed by atoms with Crippen molar-refractivity contribution in [2.75, 3.05) is 17.9 Å². The molecule has 0 heterocycles. The number of halogens is 3. The maximum absolute atomic E-state index is 14.2. The van der Waals surface area contributed by atoms with Gasteiger partial charge < -0.3 is 10.2 Å². The average Bonchev–Trinajstić information content (AvgIpc) is 2.98. The standard InChI is InChI=1S/C31H28BrCl2N3O4S/c1-35-31(39)29(18-22-6-3-2-4-7-22)36(20-23-10-12-24(32)13-11-23)30(38)21-37(27-9-5-8-26(34)19-27)42(40,41)28-16-14-25(33)15-17-28/h2-17,19,29H,18,20-21H2,1H3,(H,35,39). The van der Waals surface area contributed by atoms with Crippen LogP contribution in [0.3, 0.4) is 0 Å². The Morgan fingerprint density at radius 1 is 0.833 bits per heavy atom. The number of rotatable bonds is 11. The number of hydrogen-bond donors (Lipinski definition) is 1. The molecule has 0 aliphatic heterocycles. The van der Waals surface area contributed by atoms with E-state index in [0.717, 1.165) is 19.9 Å². The van der Waals surface area contributed by atoms with E-state index in [1.807, 2.05) is 54.6 Å². The van der Waals surface area contributed by atoms with Gasteiger partial charge in [-0.05, 0) is 65.7 Å². The fourth-order valence-corrected chi connectivity index (χ4v) is 6.38. The number of benzene rings is 4. The third-order valence-corrected chi connectivity index (χ3v) is 9.36. The Balaban J connectivity index is 1.78. The highest BCUT2D eigenvalue weighted by atomic mass is 79.9. The summed E-state index contributed by atoms with van der Waals surface area (Å²) in [5.41, 5.74) is 1.82. The van der Waals surface area contributed by atoms with E-state index in [1.54, 1.807) is 18.2 Å². The summed E-state index contributed by atoms with van der Waals surface area (Å²) < 4.78 is 29.8. The van der Waals surface area contributed by atoms with Gasteiger partial charge in [-0.15, -0.1) is 0 Å². The Labute approximate surface area is 264 Å². The largest absolute Gasteiger partial charge is 0.357 e. The smallest absolute Gasteiger partial charge is 0.264 e. The van der Waals surface area contributed by atoms with Crippen molar-refractivity contribution in [3.05, 3.63) is 129 Å². The van der Waals surface area contributed by atoms with Crippen molar-refractivity contribution < 1.29 is 18.0 Å². The fraction of sp³-hybridized carbons (Fsp3) is 0.161. The second-order valence-electron chi connectivity index (χ2n) is 9.41. The SMILES string of the molecule is CNC(=O)C(Cc1ccccc1)N(Cc1ccc(Br)cc1)C(=O)CN(c1cccc(Cl)c1)S(=O)(=O)c1ccc(Cl)cc1. The van der Waals surface area contributed by atoms with E-state index < -0.39 is 28.5 Å². The number of hydrogen-bond acceptors (Lipinski definition) is 4. The molecule has 0 fully saturated rings. The second-order valence-corrected chi connectivity index (χ2v) is 13.1. The van der Waals surface area contributed by atoms with Crippen LogP contribution in [0.1, 0.15) is 11.1 Å². The predicted molar refractivity (Wildman–Crippen MR) is 170 cm³/mol. The molecule has 4 aromatic rings. The van der Waals surface area contributed by atoms with Crippen molar-refractivity contribution in [1.29, 1.82) is 0 Å². The number of amides is 2. The van der Waals surface area contributed by atoms with Gasteiger partial charge in [0.05, 0.1) is 10.6 Å². The lowest BCUT2D eigenvalue weighted by atomic mass is 10.0. The van der Waals surface area contributed by atoms with Gasteiger partial charge in [-0.25, -0.2) is 8.42 Å². The Kier molecular flexibility index (Phi) is 10.7. The van der Waals surface area contributed by atoms with Crippen LogP contribution in [0.15, 0.2) is 112 Å². The molecule has 42 heavy (non-hydrogen) atoms. The summed E-state index contributed by atoms with van der Waals surface area (Å²) in [6, 6.07) is 27.7. The first-order valence-electron chi connectivity index (χ1n) is 12.9. The number of sulfonamides is 1. The Morgan fingerprint density at radius 3 is 2.12 bits per heavy atom. The summed E-state index contributed by atoms with van der Waals surface area (Å²) in [7, 11) is -2.74. The van der Waals surface area contributed by atoms with Crippen LogP contribution < -0.4 is 9.62 Å². The topological polar surface area (TPSA) is 86.8 Å². The van der Waals surface area contributed by atoms with Gasteiger partial charge in [0.2, 0.25) is 11.8 Å². The number of nitrogens with one attached hydrogen (secondary N) is 1. The molecule has 7 nitrogen and oxygen atoms in total. The van der Waals surface area contributed by atoms with E-state index >= 15 is 0 Å². The molecule has 1 atom stereocenters. The third-order valence-electron chi connectivity index (χ3n) is 6.56. The highest BCUT2D eigenvalue weighted by Gasteiger charge is 2.34. The van der Waals surface area contributed by atoms with Crippen LogP contribution in [0, 0.1) is 0 Å². The molecule has 0 bridgehead atoms. The van der Waals surface area contributed by atoms with Crippen molar-refractivity contribution in [1.82, 2.24) is 10.2 Å². The minimum Gasteiger partial charge on any atom is -0.357 e. The van der Waals surface area contributed by atoms with E-state index in [2.05, 4.69) is 21.2 Å². The zero-order chi connectivity index (χ0) is 30.3. The van der Waals surface area contributed by atoms with Gasteiger partial charge in [-0.1, -0.05) is 87.7 Å². The van der Waals surface area contributed by atoms with Crippen LogP contribution in [0.5, 0.6) is 0 Å². The van der Waals surface area contributed by atoms with Crippen LogP contribution in [0.25, 0.3) is 0 Å². The van der Waals surface area contributed by atoms with Crippen molar-refractivity contribution in [2.24, 2.45) is 0 Å². The van der Waals surface area contributed by atoms with Crippen molar-refractivity contribution in [3.8, 4) is 0 Å². The molecule has 0 saturated carbocycles. The molecular formula is C31H28BrCl2N3O4S. The molecule has 2 amide bonds. The van der Waals surface area contributed by atoms with E-state index in [1.165, 1.54) is 42.3 Å². The van der Waals surface area contributed by atoms with Gasteiger partial charge in [0.1, 0.15) is 12.6 Å². The quantitative estimate of drug-likeness (QED) is 0.199. The molecule has 218 valence electrons. The Bertz CT molecular complexity index is 1640. The van der Waals surface area contributed by atoms with Gasteiger partial charge in [0.25, 0.3) is 10.0 Å². The lowest BCUT2D eigenvalue weighted by Crippen LogP contribution is -2.53. The molecule has 1 unspecified atom stereocenters. The van der Waals surface area contributed by atoms with Crippen molar-refractivity contribution in [3.63, 3.8) is 0 Å². The van der Waals surface area contributed by atoms with Gasteiger partial charge >= 0.3 is 0 Å². The van der Waals surface area contributed by atoms with Crippen LogP contribution in [0.2, 0.25) is 10.0 Å². The monoisotopic (exact) mass is 687 g/mol. The van der Waals surface area contributed by atoms with Crippen molar-refractivity contribution >= 4 is 66.7 Å². The van der Waals surface area contributed by atoms with Crippen LogP contribution in [0.4, 0.5) is 5.69 Å². The molecular weight excluding hydrogens is 661 g/mol. The molecule has 0 aromatic heterocycles. The molecule has 0 aliphatic rings. The molecule has 4 aromatic carbocycles. The van der Waals surface area contributed by atoms with E-state index in [0.29, 0.717) is 10.0 Å². The van der Waals surface area contributed by atoms with Crippen LogP contribution >= 0.6 is 39.1 Å². The lowest BCUT2D eigenvalue weighted by Gasteiger charge is -2.33. The second kappa shape index (κ2) is 14.2. The first kappa shape index (κ1) is 31.6. The van der Waals surface area contributed by atoms with E-state index in [-0.39, 0.29) is 29.5 Å². The average molecular weight is 689 g/mol. The highest BCUT2D eigenvalue weighted by molar-refractivity contribution is 9.10. The lowest BCUT2D eigenvalue weighted by molar-refractivity contribution is -0.139. The summed E-state index contributed by atoms with van der Waals surface area (Å²) >= 11 is 15.7. The van der Waals surface area contributed by atoms with Crippen LogP contribution in [-0.2, 0) is 32.6 Å². The minimum atomic E-state index is -4.24. The van der Waals surface area contributed by atoms with Gasteiger partial charge in [-0.3, -0.25) is 13.9 Å². The van der Waals surface area contributed by atoms with Gasteiger partial charge in [-0.2, -0.15) is 0 Å². The Hall–Kier alpha value is -3.37. The summed E-state index contributed by atoms with van der Waals surface area (Å²) in [5.74, 6) is -0.945. The van der Waals surface area contributed by atoms with E-state index in [9.17, 15) is 18.0 Å². The maximum atomic E-state index is 14.2. The first-order chi connectivity index (χ1) is 20.1. The molecule has 1 N–H and O–H groups in total. The maximum Gasteiger partial charge on any atom is 0.264 e. The zero-order valence-corrected chi connectivity index (χ0v) is 26.5. The number of anilines is 1. The first-order valence-corrected chi connectivity index (χ1v) is 15.9. The van der Waals surface area contributed by atoms with Crippen molar-refractivity contribution in [2.45, 2.75) is 23.9 Å². The zero-order valence-electron chi connectivity index (χ0n) is 22.6. The normalized spacial score (nSPS) is 11.9. The highest BCUT2D eigenvalue weighted by Crippen LogP contribution is 2.28. The van der Waals surface area contributed by atoms with E-state index in [4.69, 9.17) is 23.2 Å². The summed E-state index contributed by atoms with van der Waals surface area (Å²) in [5, 5.41) is 3.34. The molecule has 0 spiro atoms. The molecule has 4 rings (SSSR count). The van der Waals surface area contributed by atoms with Gasteiger partial charge in [0.15, 0.2) is 0 Å². The number of carbonyl (C=O) groups excluding carboxylic acids is 2. The summed E-state index contributed by atoms with van der Waals surface area (Å²) in [6.45, 7) is -0.508. The minimum absolute atomic E-state index is 0.0497. The number of carbonyl (C=O) groups is 2. The Morgan fingerprint density at radius 2 is 1.50 bits per heavy atom. The predicted octanol–water partition coefficient (Wildman–Crippen LogP) is 6.34. The summed E-state index contributed by atoms with van der Waals surface area (Å²) in [6.07, 6.45) is 0.226. The number of nitrogens with zero attached hydrogens (tertiary/aromatic N) is 2. The fourth-order valence-electron chi connectivity index (χ4n) is 4.40. The summed E-state index contributed by atoms with van der Waals surface area (Å²) in [4.78, 5) is 28.9.